The number of rotatable bonds is 2. The van der Waals surface area contributed by atoms with Crippen LogP contribution in [0.2, 0.25) is 0 Å². The Kier molecular flexibility index (Phi) is 4.14. The zero-order valence-electron chi connectivity index (χ0n) is 20.1. The van der Waals surface area contributed by atoms with Gasteiger partial charge in [0.25, 0.3) is 0 Å². The quantitative estimate of drug-likeness (QED) is 0.245. The summed E-state index contributed by atoms with van der Waals surface area (Å²) >= 11 is 0. The highest BCUT2D eigenvalue weighted by molar-refractivity contribution is 6.28. The molecule has 0 radical (unpaired) electrons. The van der Waals surface area contributed by atoms with Gasteiger partial charge in [0, 0.05) is 5.56 Å². The number of hydrogen-bond acceptors (Lipinski definition) is 2. The number of oxazole rings is 1. The molecule has 2 heteroatoms. The molecule has 0 N–H and O–H groups in total. The summed E-state index contributed by atoms with van der Waals surface area (Å²) in [5.74, 6) is 0.664. The normalized spacial score (nSPS) is 12.4. The number of hydrogen-bond donors (Lipinski definition) is 0. The van der Waals surface area contributed by atoms with Crippen molar-refractivity contribution in [2.45, 2.75) is 26.2 Å². The first-order valence-corrected chi connectivity index (χ1v) is 12.1. The summed E-state index contributed by atoms with van der Waals surface area (Å²) in [6.07, 6.45) is 0. The van der Waals surface area contributed by atoms with E-state index in [1.807, 2.05) is 24.3 Å². The van der Waals surface area contributed by atoms with Gasteiger partial charge in [-0.3, -0.25) is 0 Å². The molecular weight excluding hydrogens is 426 g/mol. The van der Waals surface area contributed by atoms with Gasteiger partial charge in [-0.15, -0.1) is 0 Å². The van der Waals surface area contributed by atoms with Gasteiger partial charge in [-0.05, 0) is 72.6 Å². The summed E-state index contributed by atoms with van der Waals surface area (Å²) in [6.45, 7) is 6.83. The molecule has 2 nitrogen and oxygen atoms in total. The molecule has 0 aliphatic carbocycles. The monoisotopic (exact) mass is 451 g/mol. The predicted octanol–water partition coefficient (Wildman–Crippen LogP) is 9.36. The predicted molar refractivity (Wildman–Crippen MR) is 147 cm³/mol. The first-order chi connectivity index (χ1) is 17.0. The molecule has 6 aromatic carbocycles. The van der Waals surface area contributed by atoms with Crippen LogP contribution < -0.4 is 0 Å². The fourth-order valence-corrected chi connectivity index (χ4v) is 5.37. The zero-order valence-corrected chi connectivity index (χ0v) is 20.1. The van der Waals surface area contributed by atoms with Gasteiger partial charge in [0.2, 0.25) is 5.89 Å². The lowest BCUT2D eigenvalue weighted by molar-refractivity contribution is 0.591. The van der Waals surface area contributed by atoms with E-state index in [0.717, 1.165) is 16.7 Å². The Balaban J connectivity index is 1.64. The van der Waals surface area contributed by atoms with Crippen LogP contribution in [0, 0.1) is 0 Å². The minimum atomic E-state index is 0.0863. The zero-order chi connectivity index (χ0) is 23.7. The van der Waals surface area contributed by atoms with Crippen molar-refractivity contribution in [2.24, 2.45) is 0 Å². The van der Waals surface area contributed by atoms with Crippen molar-refractivity contribution in [3.05, 3.63) is 103 Å². The average molecular weight is 452 g/mol. The van der Waals surface area contributed by atoms with Gasteiger partial charge >= 0.3 is 0 Å². The van der Waals surface area contributed by atoms with Crippen LogP contribution >= 0.6 is 0 Å². The van der Waals surface area contributed by atoms with Crippen LogP contribution in [0.1, 0.15) is 26.3 Å². The van der Waals surface area contributed by atoms with Crippen molar-refractivity contribution < 1.29 is 4.42 Å². The fraction of sp³-hybridized carbons (Fsp3) is 0.121. The van der Waals surface area contributed by atoms with Crippen LogP contribution in [-0.4, -0.2) is 4.98 Å². The Hall–Kier alpha value is -4.17. The number of fused-ring (bicyclic) bond motifs is 1. The van der Waals surface area contributed by atoms with Gasteiger partial charge in [-0.2, -0.15) is 0 Å². The van der Waals surface area contributed by atoms with E-state index in [9.17, 15) is 0 Å². The second-order valence-corrected chi connectivity index (χ2v) is 10.5. The topological polar surface area (TPSA) is 26.0 Å². The van der Waals surface area contributed by atoms with E-state index < -0.39 is 0 Å². The van der Waals surface area contributed by atoms with E-state index in [0.29, 0.717) is 5.89 Å². The highest BCUT2D eigenvalue weighted by Gasteiger charge is 2.21. The van der Waals surface area contributed by atoms with E-state index in [1.165, 1.54) is 49.0 Å². The molecule has 0 unspecified atom stereocenters. The minimum absolute atomic E-state index is 0.0863. The first-order valence-electron chi connectivity index (χ1n) is 12.1. The third-order valence-corrected chi connectivity index (χ3v) is 7.19. The van der Waals surface area contributed by atoms with Gasteiger partial charge in [-0.25, -0.2) is 4.98 Å². The van der Waals surface area contributed by atoms with Crippen molar-refractivity contribution in [2.75, 3.05) is 0 Å². The molecule has 0 aliphatic rings. The van der Waals surface area contributed by atoms with Gasteiger partial charge in [0.1, 0.15) is 5.52 Å². The van der Waals surface area contributed by atoms with Gasteiger partial charge in [0.15, 0.2) is 5.58 Å². The summed E-state index contributed by atoms with van der Waals surface area (Å²) in [4.78, 5) is 4.88. The molecule has 0 amide bonds. The molecule has 0 saturated carbocycles. The first kappa shape index (κ1) is 20.2. The molecule has 0 bridgehead atoms. The Morgan fingerprint density at radius 2 is 1.29 bits per heavy atom. The summed E-state index contributed by atoms with van der Waals surface area (Å²) in [5, 5.41) is 7.57. The van der Waals surface area contributed by atoms with Gasteiger partial charge in [-0.1, -0.05) is 99.6 Å². The Morgan fingerprint density at radius 1 is 0.629 bits per heavy atom. The molecule has 1 heterocycles. The Labute approximate surface area is 204 Å². The molecule has 7 rings (SSSR count). The van der Waals surface area contributed by atoms with Crippen molar-refractivity contribution in [3.63, 3.8) is 0 Å². The third-order valence-electron chi connectivity index (χ3n) is 7.19. The maximum absolute atomic E-state index is 6.29. The number of nitrogens with zero attached hydrogens (tertiary/aromatic N) is 1. The van der Waals surface area contributed by atoms with Crippen molar-refractivity contribution in [1.82, 2.24) is 4.98 Å². The van der Waals surface area contributed by atoms with E-state index in [4.69, 9.17) is 9.40 Å². The average Bonchev–Trinajstić information content (AvgIpc) is 3.31. The second kappa shape index (κ2) is 7.16. The SMILES string of the molecule is CC(C)(C)c1cc2ccc3c(-c4ccccc4)cc(-c4nc5ccccc5o4)c4ccc(c1)c2c34. The number of aromatic nitrogens is 1. The molecular formula is C33H25NO. The molecule has 1 aromatic heterocycles. The molecule has 0 atom stereocenters. The van der Waals surface area contributed by atoms with E-state index in [2.05, 4.69) is 93.6 Å². The number of para-hydroxylation sites is 2. The molecule has 7 aromatic rings. The van der Waals surface area contributed by atoms with Crippen LogP contribution in [0.15, 0.2) is 101 Å². The van der Waals surface area contributed by atoms with E-state index in [1.54, 1.807) is 0 Å². The lowest BCUT2D eigenvalue weighted by Crippen LogP contribution is -2.10. The van der Waals surface area contributed by atoms with Gasteiger partial charge in [0.05, 0.1) is 0 Å². The van der Waals surface area contributed by atoms with Crippen molar-refractivity contribution in [1.29, 1.82) is 0 Å². The van der Waals surface area contributed by atoms with E-state index >= 15 is 0 Å². The van der Waals surface area contributed by atoms with Crippen LogP contribution in [-0.2, 0) is 5.41 Å². The van der Waals surface area contributed by atoms with Crippen LogP contribution in [0.5, 0.6) is 0 Å². The summed E-state index contributed by atoms with van der Waals surface area (Å²) < 4.78 is 6.29. The minimum Gasteiger partial charge on any atom is -0.436 e. The maximum atomic E-state index is 6.29. The van der Waals surface area contributed by atoms with Crippen molar-refractivity contribution in [3.8, 4) is 22.6 Å². The smallest absolute Gasteiger partial charge is 0.227 e. The molecule has 0 aliphatic heterocycles. The maximum Gasteiger partial charge on any atom is 0.227 e. The number of benzene rings is 6. The third kappa shape index (κ3) is 3.06. The van der Waals surface area contributed by atoms with Gasteiger partial charge < -0.3 is 4.42 Å². The molecule has 0 spiro atoms. The van der Waals surface area contributed by atoms with Crippen molar-refractivity contribution >= 4 is 43.4 Å². The Morgan fingerprint density at radius 3 is 1.97 bits per heavy atom. The molecule has 35 heavy (non-hydrogen) atoms. The standard InChI is InChI=1S/C33H25NO/c1-33(2,3)23-17-21-13-15-24-26(20-9-5-4-6-10-20)19-27(25-16-14-22(18-23)30(21)31(24)25)32-34-28-11-7-8-12-29(28)35-32/h4-19H,1-3H3. The Bertz CT molecular complexity index is 1820. The fourth-order valence-electron chi connectivity index (χ4n) is 5.37. The van der Waals surface area contributed by atoms with Crippen LogP contribution in [0.25, 0.3) is 66.0 Å². The lowest BCUT2D eigenvalue weighted by Gasteiger charge is -2.22. The summed E-state index contributed by atoms with van der Waals surface area (Å²) in [7, 11) is 0. The molecule has 0 saturated heterocycles. The summed E-state index contributed by atoms with van der Waals surface area (Å²) in [6, 6.07) is 34.6. The van der Waals surface area contributed by atoms with E-state index in [-0.39, 0.29) is 5.41 Å². The largest absolute Gasteiger partial charge is 0.436 e. The molecule has 0 fully saturated rings. The highest BCUT2D eigenvalue weighted by Crippen LogP contribution is 2.45. The van der Waals surface area contributed by atoms with Crippen LogP contribution in [0.3, 0.4) is 0 Å². The lowest BCUT2D eigenvalue weighted by atomic mass is 9.82. The summed E-state index contributed by atoms with van der Waals surface area (Å²) in [5.41, 5.74) is 6.55. The van der Waals surface area contributed by atoms with Crippen LogP contribution in [0.4, 0.5) is 0 Å². The highest BCUT2D eigenvalue weighted by atomic mass is 16.3. The molecule has 168 valence electrons. The second-order valence-electron chi connectivity index (χ2n) is 10.5.